The second-order valence-electron chi connectivity index (χ2n) is 9.81. The number of aliphatic hydroxyl groups excluding tert-OH is 1. The molecule has 1 fully saturated rings. The van der Waals surface area contributed by atoms with Crippen LogP contribution in [-0.2, 0) is 9.22 Å². The monoisotopic (exact) mass is 494 g/mol. The van der Waals surface area contributed by atoms with Gasteiger partial charge in [-0.05, 0) is 28.9 Å². The Morgan fingerprint density at radius 1 is 1.15 bits per heavy atom. The third-order valence-electron chi connectivity index (χ3n) is 6.89. The number of hydrogen-bond acceptors (Lipinski definition) is 6. The van der Waals surface area contributed by atoms with Crippen LogP contribution in [0.1, 0.15) is 27.2 Å². The van der Waals surface area contributed by atoms with Gasteiger partial charge in [-0.3, -0.25) is 4.90 Å². The Balaban J connectivity index is 0.00000385. The van der Waals surface area contributed by atoms with E-state index < -0.39 is 26.4 Å². The number of likely N-dealkylation sites (tertiary alicyclic amines) is 1. The van der Waals surface area contributed by atoms with Gasteiger partial charge < -0.3 is 25.2 Å². The van der Waals surface area contributed by atoms with Crippen LogP contribution in [0, 0.1) is 5.92 Å². The molecule has 2 aromatic rings. The molecule has 8 heteroatoms. The molecule has 0 radical (unpaired) electrons. The number of nitrogens with two attached hydrogens (primary N) is 1. The van der Waals surface area contributed by atoms with Crippen molar-refractivity contribution in [3.05, 3.63) is 60.7 Å². The number of aliphatic hydroxyl groups is 1. The average molecular weight is 495 g/mol. The fraction of sp³-hybridized carbons (Fsp3) is 0.480. The third-order valence-corrected chi connectivity index (χ3v) is 11.9. The molecule has 4 atom stereocenters. The zero-order chi connectivity index (χ0) is 23.5. The summed E-state index contributed by atoms with van der Waals surface area (Å²) in [4.78, 5) is 13.4. The van der Waals surface area contributed by atoms with E-state index in [1.54, 1.807) is 0 Å². The van der Waals surface area contributed by atoms with Gasteiger partial charge in [0.1, 0.15) is 0 Å². The predicted octanol–water partition coefficient (Wildman–Crippen LogP) is -2.67. The number of nitrogens with zero attached hydrogens (tertiary/aromatic N) is 1. The van der Waals surface area contributed by atoms with Gasteiger partial charge in [-0.2, -0.15) is 0 Å². The molecule has 1 aliphatic rings. The predicted molar refractivity (Wildman–Crippen MR) is 127 cm³/mol. The van der Waals surface area contributed by atoms with E-state index in [-0.39, 0.29) is 75.0 Å². The van der Waals surface area contributed by atoms with Crippen molar-refractivity contribution >= 4 is 24.7 Å². The quantitative estimate of drug-likeness (QED) is 0.388. The van der Waals surface area contributed by atoms with Crippen LogP contribution < -0.4 is 72.6 Å². The number of hydrogen-bond donors (Lipinski definition) is 2. The van der Waals surface area contributed by atoms with Gasteiger partial charge in [0.2, 0.25) is 0 Å². The van der Waals surface area contributed by atoms with Crippen molar-refractivity contribution in [3.8, 4) is 0 Å². The molecule has 0 aliphatic carbocycles. The van der Waals surface area contributed by atoms with Gasteiger partial charge in [0.05, 0.1) is 18.6 Å². The molecule has 0 saturated carbocycles. The van der Waals surface area contributed by atoms with E-state index in [4.69, 9.17) is 10.2 Å². The van der Waals surface area contributed by atoms with Crippen LogP contribution in [0.15, 0.2) is 60.7 Å². The fourth-order valence-corrected chi connectivity index (χ4v) is 9.87. The Kier molecular flexibility index (Phi) is 10.5. The zero-order valence-electron chi connectivity index (χ0n) is 20.4. The molecule has 1 saturated heterocycles. The molecule has 0 amide bonds. The first kappa shape index (κ1) is 28.8. The number of benzene rings is 2. The van der Waals surface area contributed by atoms with E-state index >= 15 is 0 Å². The molecule has 3 N–H and O–H groups in total. The van der Waals surface area contributed by atoms with E-state index in [2.05, 4.69) is 45.0 Å². The molecule has 0 unspecified atom stereocenters. The summed E-state index contributed by atoms with van der Waals surface area (Å²) in [5.41, 5.74) is 5.93. The Morgan fingerprint density at radius 2 is 1.64 bits per heavy atom. The first-order chi connectivity index (χ1) is 15.1. The van der Waals surface area contributed by atoms with Crippen molar-refractivity contribution in [3.63, 3.8) is 0 Å². The summed E-state index contributed by atoms with van der Waals surface area (Å²) in [6.45, 7) is 6.98. The minimum absolute atomic E-state index is 0. The second kappa shape index (κ2) is 12.0. The van der Waals surface area contributed by atoms with Gasteiger partial charge in [0, 0.05) is 24.6 Å². The molecular formula is C25H35KN2O4Si. The summed E-state index contributed by atoms with van der Waals surface area (Å²) in [7, 11) is -0.835. The van der Waals surface area contributed by atoms with E-state index in [1.807, 2.05) is 48.3 Å². The van der Waals surface area contributed by atoms with E-state index in [9.17, 15) is 15.0 Å². The standard InChI is InChI=1S/C25H36N2O4Si.K/c1-25(2,3)32(20-11-7-5-8-12-20,21-13-9-6-10-14-21)31-17-19-15-18(16-28)23(27(19)4)22(26)24(29)30;/h5-14,18-19,22-23,28H,15-17,26H2,1-4H3,(H,29,30);/q;+1/p-1/t18-,19+,22-,23-;/m1./s1. The fourth-order valence-electron chi connectivity index (χ4n) is 5.27. The summed E-state index contributed by atoms with van der Waals surface area (Å²) in [5, 5.41) is 23.6. The summed E-state index contributed by atoms with van der Waals surface area (Å²) in [5.74, 6) is -1.53. The number of carbonyl (C=O) groups excluding carboxylic acids is 1. The van der Waals surface area contributed by atoms with Crippen LogP contribution in [0.2, 0.25) is 5.04 Å². The third kappa shape index (κ3) is 5.88. The Labute approximate surface area is 241 Å². The van der Waals surface area contributed by atoms with Gasteiger partial charge in [-0.15, -0.1) is 0 Å². The van der Waals surface area contributed by atoms with Gasteiger partial charge in [-0.25, -0.2) is 0 Å². The largest absolute Gasteiger partial charge is 1.00 e. The molecule has 33 heavy (non-hydrogen) atoms. The molecule has 2 aromatic carbocycles. The maximum absolute atomic E-state index is 11.4. The van der Waals surface area contributed by atoms with Gasteiger partial charge >= 0.3 is 51.4 Å². The SMILES string of the molecule is CN1[C@H](CO[Si](c2ccccc2)(c2ccccc2)C(C)(C)C)C[C@H](CO)[C@@H]1[C@@H](N)C(=O)[O-].[K+]. The maximum atomic E-state index is 11.4. The molecule has 0 spiro atoms. The van der Waals surface area contributed by atoms with E-state index in [0.717, 1.165) is 0 Å². The van der Waals surface area contributed by atoms with E-state index in [1.165, 1.54) is 10.4 Å². The van der Waals surface area contributed by atoms with Crippen LogP contribution >= 0.6 is 0 Å². The van der Waals surface area contributed by atoms with Gasteiger partial charge in [-0.1, -0.05) is 81.4 Å². The Hall–Kier alpha value is -0.397. The van der Waals surface area contributed by atoms with Crippen molar-refractivity contribution in [2.75, 3.05) is 20.3 Å². The second-order valence-corrected chi connectivity index (χ2v) is 14.1. The molecular weight excluding hydrogens is 459 g/mol. The van der Waals surface area contributed by atoms with Crippen molar-refractivity contribution in [1.29, 1.82) is 0 Å². The Bertz CT molecular complexity index is 855. The number of carbonyl (C=O) groups is 1. The molecule has 174 valence electrons. The first-order valence-corrected chi connectivity index (χ1v) is 13.1. The van der Waals surface area contributed by atoms with Crippen molar-refractivity contribution in [1.82, 2.24) is 4.90 Å². The first-order valence-electron chi connectivity index (χ1n) is 11.2. The summed E-state index contributed by atoms with van der Waals surface area (Å²) in [6.07, 6.45) is 0.622. The smallest absolute Gasteiger partial charge is 0.548 e. The van der Waals surface area contributed by atoms with Crippen LogP contribution in [0.4, 0.5) is 0 Å². The van der Waals surface area contributed by atoms with E-state index in [0.29, 0.717) is 13.0 Å². The average Bonchev–Trinajstić information content (AvgIpc) is 3.09. The minimum Gasteiger partial charge on any atom is -0.548 e. The van der Waals surface area contributed by atoms with Crippen LogP contribution in [0.3, 0.4) is 0 Å². The summed E-state index contributed by atoms with van der Waals surface area (Å²) >= 11 is 0. The number of rotatable bonds is 8. The maximum Gasteiger partial charge on any atom is 1.00 e. The van der Waals surface area contributed by atoms with Crippen molar-refractivity contribution < 1.29 is 70.8 Å². The zero-order valence-corrected chi connectivity index (χ0v) is 24.5. The summed E-state index contributed by atoms with van der Waals surface area (Å²) in [6, 6.07) is 19.1. The molecule has 3 rings (SSSR count). The number of aliphatic carboxylic acids is 1. The molecule has 1 heterocycles. The molecule has 0 bridgehead atoms. The minimum atomic E-state index is -2.70. The summed E-state index contributed by atoms with van der Waals surface area (Å²) < 4.78 is 7.01. The van der Waals surface area contributed by atoms with Crippen LogP contribution in [0.5, 0.6) is 0 Å². The number of carboxylic acid groups (broad SMARTS) is 1. The topological polar surface area (TPSA) is 98.8 Å². The normalized spacial score (nSPS) is 22.5. The Morgan fingerprint density at radius 3 is 2.03 bits per heavy atom. The van der Waals surface area contributed by atoms with Crippen molar-refractivity contribution in [2.24, 2.45) is 11.7 Å². The van der Waals surface area contributed by atoms with Crippen LogP contribution in [-0.4, -0.2) is 62.7 Å². The molecule has 0 aromatic heterocycles. The van der Waals surface area contributed by atoms with Gasteiger partial charge in [0.25, 0.3) is 8.32 Å². The number of carboxylic acids is 1. The molecule has 6 nitrogen and oxygen atoms in total. The van der Waals surface area contributed by atoms with Gasteiger partial charge in [0.15, 0.2) is 0 Å². The van der Waals surface area contributed by atoms with Crippen LogP contribution in [0.25, 0.3) is 0 Å². The molecule has 1 aliphatic heterocycles. The number of likely N-dealkylation sites (N-methyl/N-ethyl adjacent to an activating group) is 1. The van der Waals surface area contributed by atoms with Crippen molar-refractivity contribution in [2.45, 2.75) is 50.4 Å².